The smallest absolute Gasteiger partial charge is 0.306 e. The van der Waals surface area contributed by atoms with E-state index in [0.717, 1.165) is 0 Å². The van der Waals surface area contributed by atoms with E-state index in [9.17, 15) is 4.79 Å². The Morgan fingerprint density at radius 3 is 2.00 bits per heavy atom. The van der Waals surface area contributed by atoms with Crippen molar-refractivity contribution < 1.29 is 9.53 Å². The lowest BCUT2D eigenvalue weighted by atomic mass is 9.93. The number of ether oxygens (including phenoxy) is 1. The summed E-state index contributed by atoms with van der Waals surface area (Å²) in [5, 5.41) is 0. The average Bonchev–Trinajstić information content (AvgIpc) is 2.36. The van der Waals surface area contributed by atoms with Crippen molar-refractivity contribution in [2.45, 2.75) is 41.0 Å². The van der Waals surface area contributed by atoms with Gasteiger partial charge in [-0.15, -0.1) is 0 Å². The van der Waals surface area contributed by atoms with Crippen LogP contribution in [0, 0.1) is 5.92 Å². The quantitative estimate of drug-likeness (QED) is 0.665. The first kappa shape index (κ1) is 12.0. The van der Waals surface area contributed by atoms with Crippen molar-refractivity contribution in [2.75, 3.05) is 6.61 Å². The highest BCUT2D eigenvalue weighted by atomic mass is 16.5. The van der Waals surface area contributed by atoms with Crippen molar-refractivity contribution in [1.29, 1.82) is 0 Å². The van der Waals surface area contributed by atoms with Gasteiger partial charge in [-0.3, -0.25) is 4.79 Å². The van der Waals surface area contributed by atoms with Gasteiger partial charge in [-0.2, -0.15) is 0 Å². The lowest BCUT2D eigenvalue weighted by molar-refractivity contribution is -0.143. The molecule has 2 nitrogen and oxygen atoms in total. The Balaban J connectivity index is 2.77. The molecule has 0 aromatic rings. The van der Waals surface area contributed by atoms with Crippen LogP contribution in [0.15, 0.2) is 22.3 Å². The van der Waals surface area contributed by atoms with E-state index in [-0.39, 0.29) is 11.9 Å². The summed E-state index contributed by atoms with van der Waals surface area (Å²) < 4.78 is 4.99. The maximum Gasteiger partial charge on any atom is 0.306 e. The van der Waals surface area contributed by atoms with Gasteiger partial charge < -0.3 is 4.74 Å². The molecule has 0 aliphatic heterocycles. The van der Waals surface area contributed by atoms with E-state index in [2.05, 4.69) is 27.7 Å². The molecular formula is C13H20O2. The zero-order valence-electron chi connectivity index (χ0n) is 10.3. The molecule has 0 spiro atoms. The van der Waals surface area contributed by atoms with E-state index in [1.54, 1.807) is 0 Å². The lowest BCUT2D eigenvalue weighted by Gasteiger charge is -2.13. The molecule has 15 heavy (non-hydrogen) atoms. The second-order valence-electron chi connectivity index (χ2n) is 4.18. The Morgan fingerprint density at radius 2 is 1.60 bits per heavy atom. The SMILES string of the molecule is CCOC(=O)CC1C(C)=C(C)C(C)=C1C. The largest absolute Gasteiger partial charge is 0.466 e. The van der Waals surface area contributed by atoms with Crippen LogP contribution in [0.5, 0.6) is 0 Å². The van der Waals surface area contributed by atoms with Crippen LogP contribution in [0.2, 0.25) is 0 Å². The van der Waals surface area contributed by atoms with Crippen LogP contribution in [0.3, 0.4) is 0 Å². The average molecular weight is 208 g/mol. The molecular weight excluding hydrogens is 188 g/mol. The first-order valence-electron chi connectivity index (χ1n) is 5.49. The number of hydrogen-bond acceptors (Lipinski definition) is 2. The normalized spacial score (nSPS) is 17.7. The Morgan fingerprint density at radius 1 is 1.13 bits per heavy atom. The van der Waals surface area contributed by atoms with Crippen molar-refractivity contribution in [3.05, 3.63) is 22.3 Å². The Kier molecular flexibility index (Phi) is 3.72. The highest BCUT2D eigenvalue weighted by Gasteiger charge is 2.26. The lowest BCUT2D eigenvalue weighted by Crippen LogP contribution is -2.12. The predicted molar refractivity (Wildman–Crippen MR) is 61.5 cm³/mol. The van der Waals surface area contributed by atoms with E-state index >= 15 is 0 Å². The van der Waals surface area contributed by atoms with Crippen LogP contribution in [0.4, 0.5) is 0 Å². The van der Waals surface area contributed by atoms with Gasteiger partial charge in [-0.1, -0.05) is 11.1 Å². The molecule has 0 saturated carbocycles. The molecule has 0 heterocycles. The van der Waals surface area contributed by atoms with Gasteiger partial charge in [0, 0.05) is 5.92 Å². The molecule has 0 unspecified atom stereocenters. The maximum absolute atomic E-state index is 11.4. The van der Waals surface area contributed by atoms with Gasteiger partial charge in [-0.25, -0.2) is 0 Å². The third kappa shape index (κ3) is 2.31. The number of hydrogen-bond donors (Lipinski definition) is 0. The van der Waals surface area contributed by atoms with E-state index < -0.39 is 0 Å². The van der Waals surface area contributed by atoms with Crippen LogP contribution >= 0.6 is 0 Å². The number of allylic oxidation sites excluding steroid dienone is 4. The van der Waals surface area contributed by atoms with E-state index in [4.69, 9.17) is 4.74 Å². The molecule has 84 valence electrons. The van der Waals surface area contributed by atoms with Crippen LogP contribution in [-0.2, 0) is 9.53 Å². The molecule has 0 aromatic heterocycles. The molecule has 0 bridgehead atoms. The number of rotatable bonds is 3. The number of esters is 1. The van der Waals surface area contributed by atoms with Crippen molar-refractivity contribution in [2.24, 2.45) is 5.92 Å². The predicted octanol–water partition coefficient (Wildman–Crippen LogP) is 3.24. The fraction of sp³-hybridized carbons (Fsp3) is 0.615. The minimum Gasteiger partial charge on any atom is -0.466 e. The fourth-order valence-electron chi connectivity index (χ4n) is 2.13. The second-order valence-corrected chi connectivity index (χ2v) is 4.18. The van der Waals surface area contributed by atoms with Gasteiger partial charge in [0.05, 0.1) is 13.0 Å². The highest BCUT2D eigenvalue weighted by Crippen LogP contribution is 2.38. The van der Waals surface area contributed by atoms with Crippen LogP contribution < -0.4 is 0 Å². The summed E-state index contributed by atoms with van der Waals surface area (Å²) in [6.07, 6.45) is 0.486. The summed E-state index contributed by atoms with van der Waals surface area (Å²) in [6, 6.07) is 0. The van der Waals surface area contributed by atoms with Gasteiger partial charge in [0.1, 0.15) is 0 Å². The summed E-state index contributed by atoms with van der Waals surface area (Å²) in [4.78, 5) is 11.4. The molecule has 1 aliphatic rings. The van der Waals surface area contributed by atoms with Crippen molar-refractivity contribution in [3.63, 3.8) is 0 Å². The van der Waals surface area contributed by atoms with Crippen LogP contribution in [0.25, 0.3) is 0 Å². The number of carbonyl (C=O) groups is 1. The van der Waals surface area contributed by atoms with Crippen molar-refractivity contribution in [3.8, 4) is 0 Å². The summed E-state index contributed by atoms with van der Waals surface area (Å²) >= 11 is 0. The molecule has 1 aliphatic carbocycles. The molecule has 0 fully saturated rings. The van der Waals surface area contributed by atoms with Gasteiger partial charge in [-0.05, 0) is 45.8 Å². The van der Waals surface area contributed by atoms with Gasteiger partial charge in [0.25, 0.3) is 0 Å². The first-order valence-corrected chi connectivity index (χ1v) is 5.49. The third-order valence-electron chi connectivity index (χ3n) is 3.47. The van der Waals surface area contributed by atoms with Crippen LogP contribution in [0.1, 0.15) is 41.0 Å². The Labute approximate surface area is 92.0 Å². The molecule has 0 amide bonds. The third-order valence-corrected chi connectivity index (χ3v) is 3.47. The monoisotopic (exact) mass is 208 g/mol. The summed E-state index contributed by atoms with van der Waals surface area (Å²) in [6.45, 7) is 10.8. The van der Waals surface area contributed by atoms with Gasteiger partial charge in [0.2, 0.25) is 0 Å². The zero-order chi connectivity index (χ0) is 11.6. The Bertz CT molecular complexity index is 310. The highest BCUT2D eigenvalue weighted by molar-refractivity contribution is 5.71. The summed E-state index contributed by atoms with van der Waals surface area (Å²) in [7, 11) is 0. The summed E-state index contributed by atoms with van der Waals surface area (Å²) in [5.41, 5.74) is 5.31. The van der Waals surface area contributed by atoms with E-state index in [1.165, 1.54) is 22.3 Å². The fourth-order valence-corrected chi connectivity index (χ4v) is 2.13. The molecule has 0 atom stereocenters. The minimum atomic E-state index is -0.0938. The molecule has 0 N–H and O–H groups in total. The molecule has 0 aromatic carbocycles. The van der Waals surface area contributed by atoms with E-state index in [1.807, 2.05) is 6.92 Å². The van der Waals surface area contributed by atoms with E-state index in [0.29, 0.717) is 13.0 Å². The molecule has 2 heteroatoms. The number of carbonyl (C=O) groups excluding carboxylic acids is 1. The molecule has 1 rings (SSSR count). The van der Waals surface area contributed by atoms with Gasteiger partial charge in [0.15, 0.2) is 0 Å². The van der Waals surface area contributed by atoms with Crippen molar-refractivity contribution >= 4 is 5.97 Å². The zero-order valence-corrected chi connectivity index (χ0v) is 10.3. The first-order chi connectivity index (χ1) is 6.99. The molecule has 0 saturated heterocycles. The maximum atomic E-state index is 11.4. The second kappa shape index (κ2) is 4.65. The standard InChI is InChI=1S/C13H20O2/c1-6-15-13(14)7-12-10(4)8(2)9(3)11(12)5/h12H,6-7H2,1-5H3. The topological polar surface area (TPSA) is 26.3 Å². The molecule has 0 radical (unpaired) electrons. The van der Waals surface area contributed by atoms with Crippen LogP contribution in [-0.4, -0.2) is 12.6 Å². The van der Waals surface area contributed by atoms with Gasteiger partial charge >= 0.3 is 5.97 Å². The summed E-state index contributed by atoms with van der Waals surface area (Å²) in [5.74, 6) is 0.174. The Hall–Kier alpha value is -1.05. The minimum absolute atomic E-state index is 0.0938. The van der Waals surface area contributed by atoms with Crippen molar-refractivity contribution in [1.82, 2.24) is 0 Å².